The molecule has 0 bridgehead atoms. The van der Waals surface area contributed by atoms with Crippen LogP contribution in [0.2, 0.25) is 0 Å². The summed E-state index contributed by atoms with van der Waals surface area (Å²) < 4.78 is 37.4. The summed E-state index contributed by atoms with van der Waals surface area (Å²) in [5.41, 5.74) is -0.0391. The molecule has 2 rings (SSSR count). The van der Waals surface area contributed by atoms with Gasteiger partial charge in [0.2, 0.25) is 10.0 Å². The zero-order valence-electron chi connectivity index (χ0n) is 10.4. The van der Waals surface area contributed by atoms with Gasteiger partial charge < -0.3 is 4.90 Å². The predicted octanol–water partition coefficient (Wildman–Crippen LogP) is -0.0619. The van der Waals surface area contributed by atoms with E-state index in [2.05, 4.69) is 4.98 Å². The first-order chi connectivity index (χ1) is 8.89. The van der Waals surface area contributed by atoms with Crippen LogP contribution in [-0.4, -0.2) is 60.9 Å². The van der Waals surface area contributed by atoms with Gasteiger partial charge in [-0.1, -0.05) is 0 Å². The summed E-state index contributed by atoms with van der Waals surface area (Å²) in [4.78, 5) is 17.1. The molecule has 1 amide bonds. The van der Waals surface area contributed by atoms with Crippen molar-refractivity contribution in [3.63, 3.8) is 0 Å². The predicted molar refractivity (Wildman–Crippen MR) is 66.5 cm³/mol. The monoisotopic (exact) mass is 287 g/mol. The minimum atomic E-state index is -3.24. The summed E-state index contributed by atoms with van der Waals surface area (Å²) in [6.07, 6.45) is 3.47. The van der Waals surface area contributed by atoms with Gasteiger partial charge in [-0.25, -0.2) is 12.8 Å². The highest BCUT2D eigenvalue weighted by Gasteiger charge is 2.27. The molecule has 0 aromatic carbocycles. The maximum absolute atomic E-state index is 13.4. The van der Waals surface area contributed by atoms with Crippen LogP contribution in [0.3, 0.4) is 0 Å². The van der Waals surface area contributed by atoms with Gasteiger partial charge in [0.25, 0.3) is 5.91 Å². The molecule has 1 saturated heterocycles. The van der Waals surface area contributed by atoms with Gasteiger partial charge >= 0.3 is 0 Å². The van der Waals surface area contributed by atoms with Crippen LogP contribution in [0.15, 0.2) is 18.5 Å². The van der Waals surface area contributed by atoms with Crippen molar-refractivity contribution in [2.75, 3.05) is 32.4 Å². The summed E-state index contributed by atoms with van der Waals surface area (Å²) >= 11 is 0. The lowest BCUT2D eigenvalue weighted by Gasteiger charge is -2.33. The summed E-state index contributed by atoms with van der Waals surface area (Å²) in [5, 5.41) is 0. The Morgan fingerprint density at radius 3 is 2.47 bits per heavy atom. The van der Waals surface area contributed by atoms with Crippen LogP contribution >= 0.6 is 0 Å². The van der Waals surface area contributed by atoms with Crippen LogP contribution in [0, 0.1) is 5.82 Å². The lowest BCUT2D eigenvalue weighted by atomic mass is 10.2. The van der Waals surface area contributed by atoms with E-state index in [-0.39, 0.29) is 31.7 Å². The third-order valence-corrected chi connectivity index (χ3v) is 4.30. The minimum absolute atomic E-state index is 0.0391. The van der Waals surface area contributed by atoms with E-state index in [4.69, 9.17) is 0 Å². The first-order valence-corrected chi connectivity index (χ1v) is 7.58. The number of aromatic nitrogens is 1. The fourth-order valence-corrected chi connectivity index (χ4v) is 2.77. The number of hydrogen-bond acceptors (Lipinski definition) is 4. The first kappa shape index (κ1) is 13.9. The molecule has 1 aromatic heterocycles. The van der Waals surface area contributed by atoms with Crippen LogP contribution < -0.4 is 0 Å². The normalized spacial score (nSPS) is 17.5. The van der Waals surface area contributed by atoms with Crippen LogP contribution in [0.25, 0.3) is 0 Å². The second kappa shape index (κ2) is 5.22. The molecule has 1 aliphatic rings. The van der Waals surface area contributed by atoms with Gasteiger partial charge in [0.15, 0.2) is 5.82 Å². The first-order valence-electron chi connectivity index (χ1n) is 5.73. The summed E-state index contributed by atoms with van der Waals surface area (Å²) in [7, 11) is -3.24. The Bertz CT molecular complexity index is 583. The lowest BCUT2D eigenvalue weighted by Crippen LogP contribution is -2.50. The Kier molecular flexibility index (Phi) is 3.81. The zero-order valence-corrected chi connectivity index (χ0v) is 11.2. The van der Waals surface area contributed by atoms with Crippen molar-refractivity contribution in [1.29, 1.82) is 0 Å². The van der Waals surface area contributed by atoms with Gasteiger partial charge in [-0.05, 0) is 6.07 Å². The molecule has 8 heteroatoms. The van der Waals surface area contributed by atoms with Crippen molar-refractivity contribution < 1.29 is 17.6 Å². The van der Waals surface area contributed by atoms with E-state index in [1.54, 1.807) is 0 Å². The van der Waals surface area contributed by atoms with Crippen molar-refractivity contribution >= 4 is 15.9 Å². The quantitative estimate of drug-likeness (QED) is 0.764. The maximum atomic E-state index is 13.4. The third-order valence-electron chi connectivity index (χ3n) is 3.00. The van der Waals surface area contributed by atoms with Crippen molar-refractivity contribution in [2.24, 2.45) is 0 Å². The topological polar surface area (TPSA) is 70.6 Å². The summed E-state index contributed by atoms with van der Waals surface area (Å²) in [6, 6.07) is 1.32. The number of carbonyl (C=O) groups is 1. The van der Waals surface area contributed by atoms with Crippen LogP contribution in [0.1, 0.15) is 10.4 Å². The maximum Gasteiger partial charge on any atom is 0.257 e. The van der Waals surface area contributed by atoms with Crippen LogP contribution in [0.5, 0.6) is 0 Å². The molecule has 0 saturated carbocycles. The zero-order chi connectivity index (χ0) is 14.0. The van der Waals surface area contributed by atoms with Gasteiger partial charge in [0, 0.05) is 32.4 Å². The Labute approximate surface area is 110 Å². The van der Waals surface area contributed by atoms with E-state index in [1.807, 2.05) is 0 Å². The molecule has 0 atom stereocenters. The standard InChI is InChI=1S/C11H14FN3O3S/c1-19(17,18)15-6-4-14(5-7-15)11(16)9-2-3-13-8-10(9)12/h2-3,8H,4-7H2,1H3. The number of hydrogen-bond donors (Lipinski definition) is 0. The number of halogens is 1. The van der Waals surface area contributed by atoms with Gasteiger partial charge in [0.1, 0.15) is 0 Å². The van der Waals surface area contributed by atoms with Crippen molar-refractivity contribution in [3.8, 4) is 0 Å². The van der Waals surface area contributed by atoms with Gasteiger partial charge in [0.05, 0.1) is 18.0 Å². The molecule has 0 aliphatic carbocycles. The molecular weight excluding hydrogens is 273 g/mol. The highest BCUT2D eigenvalue weighted by molar-refractivity contribution is 7.88. The van der Waals surface area contributed by atoms with Crippen molar-refractivity contribution in [1.82, 2.24) is 14.2 Å². The van der Waals surface area contributed by atoms with Gasteiger partial charge in [-0.3, -0.25) is 9.78 Å². The van der Waals surface area contributed by atoms with E-state index >= 15 is 0 Å². The molecule has 6 nitrogen and oxygen atoms in total. The van der Waals surface area contributed by atoms with E-state index in [9.17, 15) is 17.6 Å². The van der Waals surface area contributed by atoms with E-state index in [0.717, 1.165) is 12.5 Å². The molecule has 1 aromatic rings. The van der Waals surface area contributed by atoms with Crippen LogP contribution in [-0.2, 0) is 10.0 Å². The van der Waals surface area contributed by atoms with E-state index < -0.39 is 21.7 Å². The van der Waals surface area contributed by atoms with Crippen molar-refractivity contribution in [2.45, 2.75) is 0 Å². The second-order valence-corrected chi connectivity index (χ2v) is 6.29. The SMILES string of the molecule is CS(=O)(=O)N1CCN(C(=O)c2ccncc2F)CC1. The number of pyridine rings is 1. The van der Waals surface area contributed by atoms with E-state index in [1.165, 1.54) is 21.5 Å². The second-order valence-electron chi connectivity index (χ2n) is 4.31. The number of rotatable bonds is 2. The number of amides is 1. The average Bonchev–Trinajstić information content (AvgIpc) is 2.38. The summed E-state index contributed by atoms with van der Waals surface area (Å²) in [5.74, 6) is -1.11. The van der Waals surface area contributed by atoms with E-state index in [0.29, 0.717) is 0 Å². The third kappa shape index (κ3) is 3.07. The Morgan fingerprint density at radius 1 is 1.32 bits per heavy atom. The molecule has 0 spiro atoms. The number of nitrogens with zero attached hydrogens (tertiary/aromatic N) is 3. The number of piperazine rings is 1. The number of sulfonamides is 1. The average molecular weight is 287 g/mol. The fourth-order valence-electron chi connectivity index (χ4n) is 1.94. The molecule has 2 heterocycles. The summed E-state index contributed by atoms with van der Waals surface area (Å²) in [6.45, 7) is 0.982. The molecule has 104 valence electrons. The molecule has 19 heavy (non-hydrogen) atoms. The Morgan fingerprint density at radius 2 is 1.95 bits per heavy atom. The molecule has 0 N–H and O–H groups in total. The molecule has 0 unspecified atom stereocenters. The Hall–Kier alpha value is -1.54. The molecule has 1 aliphatic heterocycles. The highest BCUT2D eigenvalue weighted by Crippen LogP contribution is 2.12. The Balaban J connectivity index is 2.07. The number of carbonyl (C=O) groups excluding carboxylic acids is 1. The van der Waals surface area contributed by atoms with Gasteiger partial charge in [-0.15, -0.1) is 0 Å². The lowest BCUT2D eigenvalue weighted by molar-refractivity contribution is 0.0693. The largest absolute Gasteiger partial charge is 0.336 e. The molecule has 1 fully saturated rings. The van der Waals surface area contributed by atoms with Crippen LogP contribution in [0.4, 0.5) is 4.39 Å². The molecule has 0 radical (unpaired) electrons. The fraction of sp³-hybridized carbons (Fsp3) is 0.455. The smallest absolute Gasteiger partial charge is 0.257 e. The highest BCUT2D eigenvalue weighted by atomic mass is 32.2. The minimum Gasteiger partial charge on any atom is -0.336 e. The van der Waals surface area contributed by atoms with Crippen molar-refractivity contribution in [3.05, 3.63) is 29.8 Å². The van der Waals surface area contributed by atoms with Gasteiger partial charge in [-0.2, -0.15) is 4.31 Å². The molecular formula is C11H14FN3O3S.